The molecule has 0 aliphatic heterocycles. The molecule has 0 N–H and O–H groups in total. The second-order valence-corrected chi connectivity index (χ2v) is 21.1. The third-order valence-electron chi connectivity index (χ3n) is 16.2. The highest BCUT2D eigenvalue weighted by Crippen LogP contribution is 2.52. The Bertz CT molecular complexity index is 4160. The van der Waals surface area contributed by atoms with Gasteiger partial charge in [0, 0.05) is 38.4 Å². The first-order chi connectivity index (χ1) is 35.7. The van der Waals surface area contributed by atoms with Gasteiger partial charge in [-0.15, -0.1) is 0 Å². The van der Waals surface area contributed by atoms with Crippen LogP contribution in [0.1, 0.15) is 49.9 Å². The van der Waals surface area contributed by atoms with Crippen molar-refractivity contribution in [1.82, 2.24) is 9.55 Å². The van der Waals surface area contributed by atoms with E-state index in [4.69, 9.17) is 4.98 Å². The molecule has 2 heteroatoms. The molecule has 0 radical (unpaired) electrons. The average molecular weight is 933 g/mol. The van der Waals surface area contributed by atoms with Crippen molar-refractivity contribution in [3.63, 3.8) is 0 Å². The van der Waals surface area contributed by atoms with Crippen molar-refractivity contribution in [2.45, 2.75) is 38.5 Å². The predicted molar refractivity (Wildman–Crippen MR) is 306 cm³/mol. The zero-order valence-corrected chi connectivity index (χ0v) is 41.5. The molecule has 12 aromatic rings. The fraction of sp³-hybridized carbons (Fsp3) is 0.0845. The minimum atomic E-state index is -0.143. The molecule has 0 amide bonds. The molecule has 0 spiro atoms. The van der Waals surface area contributed by atoms with Gasteiger partial charge in [0.1, 0.15) is 0 Å². The van der Waals surface area contributed by atoms with Gasteiger partial charge in [0.15, 0.2) is 0 Å². The van der Waals surface area contributed by atoms with Crippen LogP contribution < -0.4 is 0 Å². The van der Waals surface area contributed by atoms with Gasteiger partial charge in [0.2, 0.25) is 0 Å². The standard InChI is InChI=1S/C71H52N2/c1-70(2)62-30-18-16-27-53(62)55-38-34-49(40-64(55)70)59-43-66(50-35-39-56-54-28-17-19-31-63(54)71(3,4)65(56)41-50)72-68-57-29-15-14-26-52(57)58(42-61(59)68)46-32-36-51(37-33-46)73-67(47-22-10-6-11-23-47)44-60(45-20-8-5-9-21-45)69(73)48-24-12-7-13-25-48/h5-44H,1-4H3. The lowest BCUT2D eigenvalue weighted by molar-refractivity contribution is 0.660. The zero-order valence-electron chi connectivity index (χ0n) is 41.5. The molecule has 2 aromatic heterocycles. The van der Waals surface area contributed by atoms with Crippen LogP contribution in [0.4, 0.5) is 0 Å². The Hall–Kier alpha value is -8.85. The van der Waals surface area contributed by atoms with E-state index < -0.39 is 0 Å². The summed E-state index contributed by atoms with van der Waals surface area (Å²) in [5, 5.41) is 3.46. The van der Waals surface area contributed by atoms with Crippen molar-refractivity contribution in [2.24, 2.45) is 0 Å². The Kier molecular flexibility index (Phi) is 9.63. The molecule has 14 rings (SSSR count). The molecular weight excluding hydrogens is 881 g/mol. The minimum absolute atomic E-state index is 0.128. The van der Waals surface area contributed by atoms with Gasteiger partial charge in [0.25, 0.3) is 0 Å². The van der Waals surface area contributed by atoms with Gasteiger partial charge < -0.3 is 4.57 Å². The maximum absolute atomic E-state index is 5.71. The smallest absolute Gasteiger partial charge is 0.0794 e. The minimum Gasteiger partial charge on any atom is -0.309 e. The zero-order chi connectivity index (χ0) is 49.0. The second-order valence-electron chi connectivity index (χ2n) is 21.1. The van der Waals surface area contributed by atoms with Crippen LogP contribution in [0.2, 0.25) is 0 Å². The van der Waals surface area contributed by atoms with Gasteiger partial charge in [-0.3, -0.25) is 0 Å². The lowest BCUT2D eigenvalue weighted by atomic mass is 9.81. The highest BCUT2D eigenvalue weighted by atomic mass is 15.0. The van der Waals surface area contributed by atoms with E-state index in [1.165, 1.54) is 88.8 Å². The molecule has 0 unspecified atom stereocenters. The Balaban J connectivity index is 0.976. The maximum atomic E-state index is 5.71. The average Bonchev–Trinajstić information content (AvgIpc) is 4.04. The summed E-state index contributed by atoms with van der Waals surface area (Å²) < 4.78 is 2.45. The van der Waals surface area contributed by atoms with Gasteiger partial charge in [-0.1, -0.05) is 228 Å². The Morgan fingerprint density at radius 3 is 1.40 bits per heavy atom. The summed E-state index contributed by atoms with van der Waals surface area (Å²) in [6.45, 7) is 9.47. The van der Waals surface area contributed by atoms with Crippen molar-refractivity contribution < 1.29 is 0 Å². The Morgan fingerprint density at radius 1 is 0.301 bits per heavy atom. The summed E-state index contributed by atoms with van der Waals surface area (Å²) in [5.41, 5.74) is 26.4. The largest absolute Gasteiger partial charge is 0.309 e. The number of benzene rings is 10. The van der Waals surface area contributed by atoms with Gasteiger partial charge in [-0.05, 0) is 131 Å². The fourth-order valence-electron chi connectivity index (χ4n) is 12.5. The van der Waals surface area contributed by atoms with Gasteiger partial charge in [-0.2, -0.15) is 0 Å². The van der Waals surface area contributed by atoms with Crippen LogP contribution >= 0.6 is 0 Å². The monoisotopic (exact) mass is 932 g/mol. The summed E-state index contributed by atoms with van der Waals surface area (Å²) in [7, 11) is 0. The SMILES string of the molecule is CC1(C)c2ccccc2-c2ccc(-c3cc(-c4ccc5c(c4)C(C)(C)c4ccccc4-5)c4cc(-c5ccc(-n6c(-c7ccccc7)cc(-c7ccccc7)c6-c6ccccc6)cc5)c5ccccc5c4n3)cc21. The van der Waals surface area contributed by atoms with Crippen LogP contribution in [-0.4, -0.2) is 9.55 Å². The van der Waals surface area contributed by atoms with E-state index in [1.807, 2.05) is 0 Å². The lowest BCUT2D eigenvalue weighted by Gasteiger charge is -2.23. The molecule has 10 aromatic carbocycles. The van der Waals surface area contributed by atoms with Gasteiger partial charge in [0.05, 0.1) is 22.6 Å². The van der Waals surface area contributed by atoms with Crippen molar-refractivity contribution in [3.8, 4) is 95.1 Å². The summed E-state index contributed by atoms with van der Waals surface area (Å²) in [6, 6.07) is 89.7. The second kappa shape index (κ2) is 16.3. The molecule has 2 aliphatic carbocycles. The van der Waals surface area contributed by atoms with E-state index in [9.17, 15) is 0 Å². The summed E-state index contributed by atoms with van der Waals surface area (Å²) >= 11 is 0. The van der Waals surface area contributed by atoms with E-state index in [0.717, 1.165) is 50.2 Å². The molecule has 0 atom stereocenters. The number of pyridine rings is 1. The molecular formula is C71H52N2. The van der Waals surface area contributed by atoms with Gasteiger partial charge >= 0.3 is 0 Å². The molecule has 2 heterocycles. The van der Waals surface area contributed by atoms with Crippen LogP contribution in [0.15, 0.2) is 243 Å². The van der Waals surface area contributed by atoms with E-state index in [2.05, 4.69) is 275 Å². The normalized spacial score (nSPS) is 13.7. The molecule has 2 nitrogen and oxygen atoms in total. The highest BCUT2D eigenvalue weighted by Gasteiger charge is 2.37. The first-order valence-electron chi connectivity index (χ1n) is 25.6. The molecule has 0 saturated carbocycles. The van der Waals surface area contributed by atoms with Crippen molar-refractivity contribution in [3.05, 3.63) is 265 Å². The number of rotatable bonds is 7. The summed E-state index contributed by atoms with van der Waals surface area (Å²) in [5.74, 6) is 0. The third kappa shape index (κ3) is 6.67. The van der Waals surface area contributed by atoms with Crippen molar-refractivity contribution >= 4 is 21.7 Å². The number of nitrogens with zero attached hydrogens (tertiary/aromatic N) is 2. The van der Waals surface area contributed by atoms with E-state index in [0.29, 0.717) is 0 Å². The first-order valence-corrected chi connectivity index (χ1v) is 25.6. The molecule has 346 valence electrons. The topological polar surface area (TPSA) is 17.8 Å². The van der Waals surface area contributed by atoms with Crippen LogP contribution in [0.5, 0.6) is 0 Å². The quantitative estimate of drug-likeness (QED) is 0.146. The summed E-state index contributed by atoms with van der Waals surface area (Å²) in [6.07, 6.45) is 0. The number of fused-ring (bicyclic) bond motifs is 9. The predicted octanol–water partition coefficient (Wildman–Crippen LogP) is 18.8. The highest BCUT2D eigenvalue weighted by molar-refractivity contribution is 6.16. The van der Waals surface area contributed by atoms with Crippen LogP contribution in [0.25, 0.3) is 117 Å². The Morgan fingerprint density at radius 2 is 0.767 bits per heavy atom. The fourth-order valence-corrected chi connectivity index (χ4v) is 12.5. The van der Waals surface area contributed by atoms with Crippen molar-refractivity contribution in [2.75, 3.05) is 0 Å². The van der Waals surface area contributed by atoms with E-state index in [1.54, 1.807) is 0 Å². The molecule has 0 bridgehead atoms. The molecule has 0 saturated heterocycles. The third-order valence-corrected chi connectivity index (χ3v) is 16.2. The van der Waals surface area contributed by atoms with E-state index >= 15 is 0 Å². The molecule has 73 heavy (non-hydrogen) atoms. The van der Waals surface area contributed by atoms with Crippen LogP contribution in [-0.2, 0) is 10.8 Å². The molecule has 2 aliphatic rings. The maximum Gasteiger partial charge on any atom is 0.0794 e. The van der Waals surface area contributed by atoms with Gasteiger partial charge in [-0.25, -0.2) is 4.98 Å². The number of hydrogen-bond acceptors (Lipinski definition) is 1. The number of hydrogen-bond donors (Lipinski definition) is 0. The first kappa shape index (κ1) is 43.0. The van der Waals surface area contributed by atoms with Crippen LogP contribution in [0.3, 0.4) is 0 Å². The lowest BCUT2D eigenvalue weighted by Crippen LogP contribution is -2.15. The van der Waals surface area contributed by atoms with Crippen molar-refractivity contribution in [1.29, 1.82) is 0 Å². The summed E-state index contributed by atoms with van der Waals surface area (Å²) in [4.78, 5) is 5.71. The van der Waals surface area contributed by atoms with Crippen LogP contribution in [0, 0.1) is 0 Å². The number of aromatic nitrogens is 2. The Labute approximate surface area is 427 Å². The molecule has 0 fully saturated rings. The van der Waals surface area contributed by atoms with E-state index in [-0.39, 0.29) is 10.8 Å².